The molecule has 1 N–H and O–H groups in total. The summed E-state index contributed by atoms with van der Waals surface area (Å²) in [4.78, 5) is 23.8. The van der Waals surface area contributed by atoms with E-state index in [0.29, 0.717) is 22.4 Å². The van der Waals surface area contributed by atoms with Crippen LogP contribution in [-0.4, -0.2) is 18.5 Å². The molecule has 26 heavy (non-hydrogen) atoms. The third-order valence-electron chi connectivity index (χ3n) is 3.37. The summed E-state index contributed by atoms with van der Waals surface area (Å²) in [6.45, 7) is 2.00. The molecule has 0 atom stereocenters. The lowest BCUT2D eigenvalue weighted by Crippen LogP contribution is -2.13. The smallest absolute Gasteiger partial charge is 0.338 e. The molecule has 0 aliphatic heterocycles. The molecular weight excluding hydrogens is 330 g/mol. The Bertz CT molecular complexity index is 915. The van der Waals surface area contributed by atoms with Gasteiger partial charge in [0.25, 0.3) is 5.91 Å². The minimum Gasteiger partial charge on any atom is -0.462 e. The number of nitriles is 2. The van der Waals surface area contributed by atoms with Crippen LogP contribution in [0.25, 0.3) is 6.08 Å². The molecule has 0 aromatic heterocycles. The van der Waals surface area contributed by atoms with Gasteiger partial charge in [-0.15, -0.1) is 0 Å². The van der Waals surface area contributed by atoms with Gasteiger partial charge in [0.2, 0.25) is 0 Å². The van der Waals surface area contributed by atoms with E-state index < -0.39 is 11.9 Å². The van der Waals surface area contributed by atoms with Gasteiger partial charge in [-0.3, -0.25) is 4.79 Å². The van der Waals surface area contributed by atoms with Crippen molar-refractivity contribution in [3.63, 3.8) is 0 Å². The Labute approximate surface area is 150 Å². The number of carbonyl (C=O) groups excluding carboxylic acids is 2. The van der Waals surface area contributed by atoms with E-state index in [1.54, 1.807) is 43.3 Å². The number of carbonyl (C=O) groups is 2. The van der Waals surface area contributed by atoms with Crippen LogP contribution in [0.15, 0.2) is 54.1 Å². The molecule has 128 valence electrons. The molecule has 1 amide bonds. The molecule has 0 radical (unpaired) electrons. The maximum Gasteiger partial charge on any atom is 0.338 e. The van der Waals surface area contributed by atoms with Gasteiger partial charge < -0.3 is 10.1 Å². The van der Waals surface area contributed by atoms with Crippen LogP contribution >= 0.6 is 0 Å². The number of esters is 1. The van der Waals surface area contributed by atoms with Crippen molar-refractivity contribution < 1.29 is 14.3 Å². The lowest BCUT2D eigenvalue weighted by molar-refractivity contribution is -0.112. The van der Waals surface area contributed by atoms with Crippen LogP contribution in [0.1, 0.15) is 28.4 Å². The minimum atomic E-state index is -0.569. The van der Waals surface area contributed by atoms with Crippen LogP contribution in [-0.2, 0) is 9.53 Å². The second-order valence-electron chi connectivity index (χ2n) is 5.16. The number of hydrogen-bond donors (Lipinski definition) is 1. The van der Waals surface area contributed by atoms with Crippen LogP contribution in [0.4, 0.5) is 5.69 Å². The van der Waals surface area contributed by atoms with E-state index in [9.17, 15) is 14.9 Å². The summed E-state index contributed by atoms with van der Waals surface area (Å²) in [7, 11) is 0. The van der Waals surface area contributed by atoms with Gasteiger partial charge in [0.05, 0.1) is 23.8 Å². The van der Waals surface area contributed by atoms with Gasteiger partial charge in [-0.25, -0.2) is 4.79 Å². The van der Waals surface area contributed by atoms with Crippen molar-refractivity contribution in [3.05, 3.63) is 70.8 Å². The van der Waals surface area contributed by atoms with Crippen molar-refractivity contribution in [2.24, 2.45) is 0 Å². The van der Waals surface area contributed by atoms with Crippen molar-refractivity contribution >= 4 is 23.6 Å². The van der Waals surface area contributed by atoms with E-state index in [2.05, 4.69) is 5.32 Å². The first-order chi connectivity index (χ1) is 12.6. The molecule has 0 fully saturated rings. The molecule has 0 saturated heterocycles. The second kappa shape index (κ2) is 8.81. The number of nitrogens with one attached hydrogen (secondary N) is 1. The topological polar surface area (TPSA) is 103 Å². The van der Waals surface area contributed by atoms with Gasteiger partial charge >= 0.3 is 5.97 Å². The number of rotatable bonds is 5. The van der Waals surface area contributed by atoms with E-state index in [-0.39, 0.29) is 12.2 Å². The summed E-state index contributed by atoms with van der Waals surface area (Å²) in [5.74, 6) is -1.01. The monoisotopic (exact) mass is 345 g/mol. The molecule has 2 aromatic carbocycles. The molecule has 2 aromatic rings. The largest absolute Gasteiger partial charge is 0.462 e. The van der Waals surface area contributed by atoms with E-state index >= 15 is 0 Å². The zero-order chi connectivity index (χ0) is 18.9. The van der Waals surface area contributed by atoms with Gasteiger partial charge in [0, 0.05) is 5.69 Å². The van der Waals surface area contributed by atoms with Crippen molar-refractivity contribution in [1.82, 2.24) is 0 Å². The first kappa shape index (κ1) is 18.4. The summed E-state index contributed by atoms with van der Waals surface area (Å²) in [5, 5.41) is 20.6. The first-order valence-corrected chi connectivity index (χ1v) is 7.78. The molecule has 2 rings (SSSR count). The number of nitrogens with zero attached hydrogens (tertiary/aromatic N) is 2. The standard InChI is InChI=1S/C20H15N3O3/c1-2-26-20(25)16-7-9-18(10-8-16)23-19(24)17(13-22)11-14-3-5-15(12-21)6-4-14/h3-11H,2H2,1H3,(H,23,24). The number of amides is 1. The summed E-state index contributed by atoms with van der Waals surface area (Å²) in [5.41, 5.74) is 1.87. The molecule has 0 bridgehead atoms. The van der Waals surface area contributed by atoms with Gasteiger partial charge in [0.1, 0.15) is 11.6 Å². The molecule has 0 aliphatic carbocycles. The summed E-state index contributed by atoms with van der Waals surface area (Å²) in [6.07, 6.45) is 1.43. The Kier molecular flexibility index (Phi) is 6.25. The Hall–Kier alpha value is -3.90. The van der Waals surface area contributed by atoms with Gasteiger partial charge in [-0.1, -0.05) is 12.1 Å². The number of ether oxygens (including phenoxy) is 1. The van der Waals surface area contributed by atoms with Crippen molar-refractivity contribution in [1.29, 1.82) is 10.5 Å². The molecular formula is C20H15N3O3. The fourth-order valence-electron chi connectivity index (χ4n) is 2.07. The molecule has 6 nitrogen and oxygen atoms in total. The second-order valence-corrected chi connectivity index (χ2v) is 5.16. The highest BCUT2D eigenvalue weighted by Gasteiger charge is 2.11. The van der Waals surface area contributed by atoms with E-state index in [1.165, 1.54) is 18.2 Å². The Morgan fingerprint density at radius 1 is 1.08 bits per heavy atom. The average Bonchev–Trinajstić information content (AvgIpc) is 2.67. The molecule has 6 heteroatoms. The SMILES string of the molecule is CCOC(=O)c1ccc(NC(=O)C(C#N)=Cc2ccc(C#N)cc2)cc1. The normalized spacial score (nSPS) is 10.3. The van der Waals surface area contributed by atoms with Crippen LogP contribution < -0.4 is 5.32 Å². The molecule has 0 aliphatic rings. The number of anilines is 1. The van der Waals surface area contributed by atoms with Gasteiger partial charge in [-0.2, -0.15) is 10.5 Å². The van der Waals surface area contributed by atoms with Crippen LogP contribution in [0.2, 0.25) is 0 Å². The third kappa shape index (κ3) is 4.80. The van der Waals surface area contributed by atoms with E-state index in [4.69, 9.17) is 10.00 Å². The maximum absolute atomic E-state index is 12.2. The third-order valence-corrected chi connectivity index (χ3v) is 3.37. The molecule has 0 spiro atoms. The van der Waals surface area contributed by atoms with E-state index in [0.717, 1.165) is 0 Å². The van der Waals surface area contributed by atoms with Gasteiger partial charge in [-0.05, 0) is 55.0 Å². The highest BCUT2D eigenvalue weighted by molar-refractivity contribution is 6.09. The predicted octanol–water partition coefficient (Wildman–Crippen LogP) is 3.28. The zero-order valence-corrected chi connectivity index (χ0v) is 14.0. The van der Waals surface area contributed by atoms with E-state index in [1.807, 2.05) is 12.1 Å². The fraction of sp³-hybridized carbons (Fsp3) is 0.100. The average molecular weight is 345 g/mol. The van der Waals surface area contributed by atoms with Crippen LogP contribution in [0.5, 0.6) is 0 Å². The van der Waals surface area contributed by atoms with Gasteiger partial charge in [0.15, 0.2) is 0 Å². The predicted molar refractivity (Wildman–Crippen MR) is 95.8 cm³/mol. The summed E-state index contributed by atoms with van der Waals surface area (Å²) in [6, 6.07) is 16.5. The molecule has 0 heterocycles. The number of hydrogen-bond acceptors (Lipinski definition) is 5. The first-order valence-electron chi connectivity index (χ1n) is 7.78. The maximum atomic E-state index is 12.2. The number of benzene rings is 2. The Morgan fingerprint density at radius 3 is 2.27 bits per heavy atom. The minimum absolute atomic E-state index is 0.0795. The Balaban J connectivity index is 2.11. The molecule has 0 unspecified atom stereocenters. The highest BCUT2D eigenvalue weighted by Crippen LogP contribution is 2.14. The quantitative estimate of drug-likeness (QED) is 0.509. The summed E-state index contributed by atoms with van der Waals surface area (Å²) < 4.78 is 4.89. The zero-order valence-electron chi connectivity index (χ0n) is 14.0. The van der Waals surface area contributed by atoms with Crippen LogP contribution in [0, 0.1) is 22.7 Å². The highest BCUT2D eigenvalue weighted by atomic mass is 16.5. The molecule has 0 saturated carbocycles. The lowest BCUT2D eigenvalue weighted by atomic mass is 10.1. The van der Waals surface area contributed by atoms with Crippen molar-refractivity contribution in [2.75, 3.05) is 11.9 Å². The van der Waals surface area contributed by atoms with Crippen molar-refractivity contribution in [3.8, 4) is 12.1 Å². The summed E-state index contributed by atoms with van der Waals surface area (Å²) >= 11 is 0. The fourth-order valence-corrected chi connectivity index (χ4v) is 2.07. The lowest BCUT2D eigenvalue weighted by Gasteiger charge is -2.06. The van der Waals surface area contributed by atoms with Crippen molar-refractivity contribution in [2.45, 2.75) is 6.92 Å². The Morgan fingerprint density at radius 2 is 1.73 bits per heavy atom. The van der Waals surface area contributed by atoms with Crippen LogP contribution in [0.3, 0.4) is 0 Å².